The van der Waals surface area contributed by atoms with E-state index in [1.54, 1.807) is 0 Å². The van der Waals surface area contributed by atoms with E-state index < -0.39 is 0 Å². The van der Waals surface area contributed by atoms with Gasteiger partial charge in [-0.25, -0.2) is 0 Å². The van der Waals surface area contributed by atoms with E-state index in [1.807, 2.05) is 6.92 Å². The third kappa shape index (κ3) is 4.23. The predicted octanol–water partition coefficient (Wildman–Crippen LogP) is 2.28. The molecule has 1 aromatic carbocycles. The molecular formula is C18H29N3O. The van der Waals surface area contributed by atoms with E-state index in [2.05, 4.69) is 60.2 Å². The minimum absolute atomic E-state index is 0.0437. The number of aryl methyl sites for hydroxylation is 1. The average Bonchev–Trinajstić information content (AvgIpc) is 2.52. The van der Waals surface area contributed by atoms with Crippen LogP contribution < -0.4 is 10.2 Å². The van der Waals surface area contributed by atoms with Gasteiger partial charge in [-0.1, -0.05) is 32.0 Å². The summed E-state index contributed by atoms with van der Waals surface area (Å²) in [7, 11) is 0. The summed E-state index contributed by atoms with van der Waals surface area (Å²) in [5.74, 6) is 0.645. The normalized spacial score (nSPS) is 17.6. The van der Waals surface area contributed by atoms with Crippen LogP contribution in [0.3, 0.4) is 0 Å². The van der Waals surface area contributed by atoms with Gasteiger partial charge in [-0.05, 0) is 31.4 Å². The fourth-order valence-corrected chi connectivity index (χ4v) is 2.89. The topological polar surface area (TPSA) is 35.6 Å². The summed E-state index contributed by atoms with van der Waals surface area (Å²) in [4.78, 5) is 16.9. The lowest BCUT2D eigenvalue weighted by atomic mass is 10.1. The molecule has 0 saturated carbocycles. The lowest BCUT2D eigenvalue weighted by Crippen LogP contribution is -2.54. The van der Waals surface area contributed by atoms with Gasteiger partial charge in [0, 0.05) is 38.4 Å². The van der Waals surface area contributed by atoms with Crippen molar-refractivity contribution in [2.24, 2.45) is 5.92 Å². The van der Waals surface area contributed by atoms with Crippen molar-refractivity contribution in [1.82, 2.24) is 10.2 Å². The van der Waals surface area contributed by atoms with Crippen molar-refractivity contribution in [3.05, 3.63) is 29.8 Å². The summed E-state index contributed by atoms with van der Waals surface area (Å²) in [5.41, 5.74) is 2.64. The Morgan fingerprint density at radius 2 is 1.77 bits per heavy atom. The summed E-state index contributed by atoms with van der Waals surface area (Å²) in [6.45, 7) is 13.0. The quantitative estimate of drug-likeness (QED) is 0.906. The van der Waals surface area contributed by atoms with E-state index in [9.17, 15) is 4.79 Å². The van der Waals surface area contributed by atoms with Gasteiger partial charge in [0.15, 0.2) is 0 Å². The second-order valence-corrected chi connectivity index (χ2v) is 6.62. The first-order valence-electron chi connectivity index (χ1n) is 8.31. The molecule has 4 heteroatoms. The van der Waals surface area contributed by atoms with Crippen molar-refractivity contribution in [2.75, 3.05) is 37.6 Å². The molecule has 1 aromatic rings. The fourth-order valence-electron chi connectivity index (χ4n) is 2.89. The first-order chi connectivity index (χ1) is 10.5. The molecule has 1 amide bonds. The van der Waals surface area contributed by atoms with E-state index in [0.29, 0.717) is 5.92 Å². The molecule has 0 unspecified atom stereocenters. The van der Waals surface area contributed by atoms with Crippen LogP contribution in [0.25, 0.3) is 0 Å². The SMILES string of the molecule is Cc1ccccc1N1CCN([C@H](C)C(=O)NCC(C)C)CC1. The molecule has 1 fully saturated rings. The molecule has 0 aliphatic carbocycles. The molecule has 0 spiro atoms. The van der Waals surface area contributed by atoms with E-state index in [-0.39, 0.29) is 11.9 Å². The first-order valence-corrected chi connectivity index (χ1v) is 8.31. The molecule has 0 radical (unpaired) electrons. The van der Waals surface area contributed by atoms with Crippen molar-refractivity contribution in [1.29, 1.82) is 0 Å². The van der Waals surface area contributed by atoms with Gasteiger partial charge < -0.3 is 10.2 Å². The van der Waals surface area contributed by atoms with E-state index in [0.717, 1.165) is 32.7 Å². The van der Waals surface area contributed by atoms with Crippen LogP contribution in [-0.4, -0.2) is 49.6 Å². The number of amides is 1. The molecular weight excluding hydrogens is 274 g/mol. The monoisotopic (exact) mass is 303 g/mol. The van der Waals surface area contributed by atoms with Crippen LogP contribution >= 0.6 is 0 Å². The van der Waals surface area contributed by atoms with Crippen LogP contribution in [-0.2, 0) is 4.79 Å². The molecule has 1 N–H and O–H groups in total. The summed E-state index contributed by atoms with van der Waals surface area (Å²) in [6.07, 6.45) is 0. The maximum atomic E-state index is 12.2. The van der Waals surface area contributed by atoms with E-state index in [1.165, 1.54) is 11.3 Å². The standard InChI is InChI=1S/C18H29N3O/c1-14(2)13-19-18(22)16(4)20-9-11-21(12-10-20)17-8-6-5-7-15(17)3/h5-8,14,16H,9-13H2,1-4H3,(H,19,22)/t16-/m1/s1. The zero-order valence-corrected chi connectivity index (χ0v) is 14.3. The summed E-state index contributed by atoms with van der Waals surface area (Å²) in [5, 5.41) is 3.04. The number of nitrogens with zero attached hydrogens (tertiary/aromatic N) is 2. The van der Waals surface area contributed by atoms with Crippen molar-refractivity contribution in [3.8, 4) is 0 Å². The Balaban J connectivity index is 1.86. The Labute approximate surface area is 134 Å². The van der Waals surface area contributed by atoms with Gasteiger partial charge in [-0.15, -0.1) is 0 Å². The molecule has 1 heterocycles. The van der Waals surface area contributed by atoms with Crippen LogP contribution in [0.5, 0.6) is 0 Å². The van der Waals surface area contributed by atoms with Crippen molar-refractivity contribution < 1.29 is 4.79 Å². The molecule has 1 aliphatic rings. The Morgan fingerprint density at radius 1 is 1.14 bits per heavy atom. The van der Waals surface area contributed by atoms with Crippen molar-refractivity contribution in [2.45, 2.75) is 33.7 Å². The number of rotatable bonds is 5. The summed E-state index contributed by atoms with van der Waals surface area (Å²) < 4.78 is 0. The smallest absolute Gasteiger partial charge is 0.237 e. The Hall–Kier alpha value is -1.55. The Kier molecular flexibility index (Phi) is 5.83. The number of anilines is 1. The number of benzene rings is 1. The van der Waals surface area contributed by atoms with Crippen LogP contribution in [0.1, 0.15) is 26.3 Å². The molecule has 0 aromatic heterocycles. The van der Waals surface area contributed by atoms with Crippen LogP contribution in [0.2, 0.25) is 0 Å². The van der Waals surface area contributed by atoms with Gasteiger partial charge in [0.1, 0.15) is 0 Å². The van der Waals surface area contributed by atoms with Gasteiger partial charge in [-0.2, -0.15) is 0 Å². The molecule has 1 saturated heterocycles. The predicted molar refractivity (Wildman–Crippen MR) is 92.3 cm³/mol. The van der Waals surface area contributed by atoms with E-state index in [4.69, 9.17) is 0 Å². The molecule has 2 rings (SSSR count). The highest BCUT2D eigenvalue weighted by atomic mass is 16.2. The zero-order valence-electron chi connectivity index (χ0n) is 14.3. The number of hydrogen-bond donors (Lipinski definition) is 1. The highest BCUT2D eigenvalue weighted by Gasteiger charge is 2.25. The first kappa shape index (κ1) is 16.8. The fraction of sp³-hybridized carbons (Fsp3) is 0.611. The van der Waals surface area contributed by atoms with Crippen molar-refractivity contribution in [3.63, 3.8) is 0 Å². The second-order valence-electron chi connectivity index (χ2n) is 6.62. The maximum Gasteiger partial charge on any atom is 0.237 e. The highest BCUT2D eigenvalue weighted by molar-refractivity contribution is 5.81. The van der Waals surface area contributed by atoms with Crippen LogP contribution in [0, 0.1) is 12.8 Å². The number of carbonyl (C=O) groups excluding carboxylic acids is 1. The van der Waals surface area contributed by atoms with Gasteiger partial charge >= 0.3 is 0 Å². The maximum absolute atomic E-state index is 12.2. The van der Waals surface area contributed by atoms with E-state index >= 15 is 0 Å². The molecule has 0 bridgehead atoms. The number of carbonyl (C=O) groups is 1. The number of nitrogens with one attached hydrogen (secondary N) is 1. The largest absolute Gasteiger partial charge is 0.369 e. The van der Waals surface area contributed by atoms with Gasteiger partial charge in [0.05, 0.1) is 6.04 Å². The molecule has 4 nitrogen and oxygen atoms in total. The third-order valence-corrected chi connectivity index (χ3v) is 4.38. The zero-order chi connectivity index (χ0) is 16.1. The lowest BCUT2D eigenvalue weighted by molar-refractivity contribution is -0.126. The van der Waals surface area contributed by atoms with Gasteiger partial charge in [0.2, 0.25) is 5.91 Å². The number of para-hydroxylation sites is 1. The molecule has 1 atom stereocenters. The Bertz CT molecular complexity index is 493. The number of hydrogen-bond acceptors (Lipinski definition) is 3. The molecule has 22 heavy (non-hydrogen) atoms. The molecule has 122 valence electrons. The summed E-state index contributed by atoms with van der Waals surface area (Å²) in [6, 6.07) is 8.47. The van der Waals surface area contributed by atoms with Gasteiger partial charge in [-0.3, -0.25) is 9.69 Å². The number of piperazine rings is 1. The lowest BCUT2D eigenvalue weighted by Gasteiger charge is -2.39. The van der Waals surface area contributed by atoms with Crippen LogP contribution in [0.15, 0.2) is 24.3 Å². The third-order valence-electron chi connectivity index (χ3n) is 4.38. The minimum Gasteiger partial charge on any atom is -0.369 e. The average molecular weight is 303 g/mol. The second kappa shape index (κ2) is 7.63. The van der Waals surface area contributed by atoms with Crippen molar-refractivity contribution >= 4 is 11.6 Å². The Morgan fingerprint density at radius 3 is 2.36 bits per heavy atom. The molecule has 1 aliphatic heterocycles. The highest BCUT2D eigenvalue weighted by Crippen LogP contribution is 2.21. The summed E-state index contributed by atoms with van der Waals surface area (Å²) >= 11 is 0. The van der Waals surface area contributed by atoms with Crippen LogP contribution in [0.4, 0.5) is 5.69 Å². The van der Waals surface area contributed by atoms with Gasteiger partial charge in [0.25, 0.3) is 0 Å². The minimum atomic E-state index is -0.0437.